The Hall–Kier alpha value is -3.57. The number of primary sulfonamides is 1. The minimum absolute atomic E-state index is 0.0369. The molecule has 1 amide bonds. The van der Waals surface area contributed by atoms with Crippen molar-refractivity contribution in [3.05, 3.63) is 54.6 Å². The molecule has 3 N–H and O–H groups in total. The van der Waals surface area contributed by atoms with Crippen molar-refractivity contribution in [2.24, 2.45) is 10.2 Å². The van der Waals surface area contributed by atoms with E-state index in [1.165, 1.54) is 31.2 Å². The average molecular weight is 444 g/mol. The van der Waals surface area contributed by atoms with Gasteiger partial charge in [0, 0.05) is 5.69 Å². The second-order valence-electron chi connectivity index (χ2n) is 6.74. The van der Waals surface area contributed by atoms with Gasteiger partial charge in [-0.2, -0.15) is 5.10 Å². The number of hydrogen-bond acceptors (Lipinski definition) is 8. The highest BCUT2D eigenvalue weighted by Crippen LogP contribution is 2.33. The summed E-state index contributed by atoms with van der Waals surface area (Å²) in [4.78, 5) is 39.3. The largest absolute Gasteiger partial charge is 0.464 e. The summed E-state index contributed by atoms with van der Waals surface area (Å²) < 4.78 is 27.9. The molecule has 0 spiro atoms. The van der Waals surface area contributed by atoms with E-state index in [1.807, 2.05) is 0 Å². The number of benzene rings is 2. The molecule has 1 heterocycles. The number of rotatable bonds is 6. The summed E-state index contributed by atoms with van der Waals surface area (Å²) >= 11 is 0. The molecule has 11 heteroatoms. The molecule has 2 aromatic carbocycles. The highest BCUT2D eigenvalue weighted by Gasteiger charge is 2.60. The maximum atomic E-state index is 12.9. The summed E-state index contributed by atoms with van der Waals surface area (Å²) in [5, 5.41) is 9.09. The zero-order chi connectivity index (χ0) is 22.8. The monoisotopic (exact) mass is 444 g/mol. The van der Waals surface area contributed by atoms with E-state index in [2.05, 4.69) is 10.5 Å². The van der Waals surface area contributed by atoms with Crippen molar-refractivity contribution in [3.63, 3.8) is 0 Å². The van der Waals surface area contributed by atoms with Gasteiger partial charge in [-0.15, -0.1) is 0 Å². The van der Waals surface area contributed by atoms with Crippen molar-refractivity contribution >= 4 is 44.8 Å². The SMILES string of the molecule is CCOC(=O)[C@@]1(C)/C(=N/Nc2ccc(S(N)(=O)=O)cc2)C(=O)C(=O)N1c1ccccc1. The number of sulfonamides is 1. The van der Waals surface area contributed by atoms with E-state index < -0.39 is 33.2 Å². The number of hydrazone groups is 1. The Kier molecular flexibility index (Phi) is 5.91. The van der Waals surface area contributed by atoms with E-state index in [1.54, 1.807) is 37.3 Å². The number of nitrogens with zero attached hydrogens (tertiary/aromatic N) is 2. The Balaban J connectivity index is 2.03. The topological polar surface area (TPSA) is 148 Å². The summed E-state index contributed by atoms with van der Waals surface area (Å²) in [6.45, 7) is 3.02. The van der Waals surface area contributed by atoms with E-state index in [9.17, 15) is 22.8 Å². The van der Waals surface area contributed by atoms with Gasteiger partial charge in [-0.3, -0.25) is 19.9 Å². The Morgan fingerprint density at radius 1 is 1.13 bits per heavy atom. The first-order valence-corrected chi connectivity index (χ1v) is 10.7. The van der Waals surface area contributed by atoms with Gasteiger partial charge in [0.25, 0.3) is 5.78 Å². The number of carbonyl (C=O) groups excluding carboxylic acids is 3. The predicted octanol–water partition coefficient (Wildman–Crippen LogP) is 1.04. The van der Waals surface area contributed by atoms with Crippen LogP contribution in [0.1, 0.15) is 13.8 Å². The molecule has 1 saturated heterocycles. The van der Waals surface area contributed by atoms with Gasteiger partial charge in [0.1, 0.15) is 0 Å². The van der Waals surface area contributed by atoms with Gasteiger partial charge >= 0.3 is 11.9 Å². The summed E-state index contributed by atoms with van der Waals surface area (Å²) in [7, 11) is -3.87. The molecule has 0 unspecified atom stereocenters. The van der Waals surface area contributed by atoms with Crippen LogP contribution in [0.4, 0.5) is 11.4 Å². The van der Waals surface area contributed by atoms with Crippen LogP contribution in [-0.4, -0.2) is 43.9 Å². The Bertz CT molecular complexity index is 1160. The molecular weight excluding hydrogens is 424 g/mol. The molecule has 31 heavy (non-hydrogen) atoms. The number of anilines is 2. The second kappa shape index (κ2) is 8.28. The van der Waals surface area contributed by atoms with Gasteiger partial charge in [0.05, 0.1) is 17.2 Å². The van der Waals surface area contributed by atoms with Crippen molar-refractivity contribution in [1.29, 1.82) is 0 Å². The van der Waals surface area contributed by atoms with Crippen molar-refractivity contribution in [1.82, 2.24) is 0 Å². The average Bonchev–Trinajstić information content (AvgIpc) is 2.93. The number of nitrogens with one attached hydrogen (secondary N) is 1. The van der Waals surface area contributed by atoms with Crippen LogP contribution in [0.15, 0.2) is 64.6 Å². The normalized spacial score (nSPS) is 20.2. The van der Waals surface area contributed by atoms with Crippen molar-refractivity contribution in [2.75, 3.05) is 16.9 Å². The zero-order valence-electron chi connectivity index (χ0n) is 16.7. The molecule has 10 nitrogen and oxygen atoms in total. The van der Waals surface area contributed by atoms with Gasteiger partial charge in [-0.05, 0) is 50.2 Å². The molecule has 0 radical (unpaired) electrons. The highest BCUT2D eigenvalue weighted by molar-refractivity contribution is 7.89. The van der Waals surface area contributed by atoms with E-state index in [0.29, 0.717) is 11.4 Å². The van der Waals surface area contributed by atoms with Gasteiger partial charge < -0.3 is 4.74 Å². The zero-order valence-corrected chi connectivity index (χ0v) is 17.5. The number of ether oxygens (including phenoxy) is 1. The molecule has 0 aliphatic carbocycles. The van der Waals surface area contributed by atoms with Gasteiger partial charge in [0.2, 0.25) is 10.0 Å². The first-order valence-electron chi connectivity index (χ1n) is 9.19. The summed E-state index contributed by atoms with van der Waals surface area (Å²) in [5.74, 6) is -2.71. The van der Waals surface area contributed by atoms with Crippen molar-refractivity contribution in [3.8, 4) is 0 Å². The highest BCUT2D eigenvalue weighted by atomic mass is 32.2. The van der Waals surface area contributed by atoms with Crippen LogP contribution in [-0.2, 0) is 29.1 Å². The van der Waals surface area contributed by atoms with Crippen LogP contribution in [0.5, 0.6) is 0 Å². The number of amides is 1. The van der Waals surface area contributed by atoms with Crippen LogP contribution in [0.3, 0.4) is 0 Å². The lowest BCUT2D eigenvalue weighted by Crippen LogP contribution is -2.55. The minimum Gasteiger partial charge on any atom is -0.464 e. The number of Topliss-reactive ketones (excluding diaryl/α,β-unsaturated/α-hetero) is 1. The third-order valence-electron chi connectivity index (χ3n) is 4.69. The lowest BCUT2D eigenvalue weighted by atomic mass is 9.95. The van der Waals surface area contributed by atoms with Crippen LogP contribution >= 0.6 is 0 Å². The Labute approximate surface area is 178 Å². The lowest BCUT2D eigenvalue weighted by Gasteiger charge is -2.31. The number of esters is 1. The summed E-state index contributed by atoms with van der Waals surface area (Å²) in [6, 6.07) is 13.5. The minimum atomic E-state index is -3.87. The number of ketones is 1. The fourth-order valence-electron chi connectivity index (χ4n) is 3.14. The van der Waals surface area contributed by atoms with Gasteiger partial charge in [-0.25, -0.2) is 18.4 Å². The molecule has 2 aromatic rings. The van der Waals surface area contributed by atoms with Crippen molar-refractivity contribution < 1.29 is 27.5 Å². The quantitative estimate of drug-likeness (QED) is 0.384. The maximum absolute atomic E-state index is 12.9. The van der Waals surface area contributed by atoms with Crippen LogP contribution in [0, 0.1) is 0 Å². The molecule has 1 fully saturated rings. The number of nitrogens with two attached hydrogens (primary N) is 1. The molecule has 1 atom stereocenters. The van der Waals surface area contributed by atoms with E-state index >= 15 is 0 Å². The smallest absolute Gasteiger partial charge is 0.338 e. The second-order valence-corrected chi connectivity index (χ2v) is 8.30. The first kappa shape index (κ1) is 22.1. The number of para-hydroxylation sites is 1. The van der Waals surface area contributed by atoms with E-state index in [0.717, 1.165) is 4.90 Å². The van der Waals surface area contributed by atoms with Crippen LogP contribution < -0.4 is 15.5 Å². The van der Waals surface area contributed by atoms with E-state index in [-0.39, 0.29) is 17.2 Å². The Morgan fingerprint density at radius 2 is 1.74 bits per heavy atom. The predicted molar refractivity (Wildman–Crippen MR) is 113 cm³/mol. The molecule has 0 saturated carbocycles. The maximum Gasteiger partial charge on any atom is 0.338 e. The molecule has 0 bridgehead atoms. The molecular formula is C20H20N4O6S. The van der Waals surface area contributed by atoms with Crippen molar-refractivity contribution in [2.45, 2.75) is 24.3 Å². The number of carbonyl (C=O) groups is 3. The molecule has 1 aliphatic rings. The first-order chi connectivity index (χ1) is 14.6. The van der Waals surface area contributed by atoms with E-state index in [4.69, 9.17) is 9.88 Å². The third-order valence-corrected chi connectivity index (χ3v) is 5.62. The molecule has 162 valence electrons. The van der Waals surface area contributed by atoms with Crippen LogP contribution in [0.2, 0.25) is 0 Å². The molecule has 0 aromatic heterocycles. The lowest BCUT2D eigenvalue weighted by molar-refractivity contribution is -0.147. The van der Waals surface area contributed by atoms with Crippen LogP contribution in [0.25, 0.3) is 0 Å². The fraction of sp³-hybridized carbons (Fsp3) is 0.200. The third kappa shape index (κ3) is 4.05. The summed E-state index contributed by atoms with van der Waals surface area (Å²) in [6.07, 6.45) is 0. The number of hydrogen-bond donors (Lipinski definition) is 2. The van der Waals surface area contributed by atoms with Gasteiger partial charge in [0.15, 0.2) is 11.3 Å². The molecule has 3 rings (SSSR count). The molecule has 1 aliphatic heterocycles. The summed E-state index contributed by atoms with van der Waals surface area (Å²) in [5.41, 5.74) is 1.07. The Morgan fingerprint density at radius 3 is 2.29 bits per heavy atom. The fourth-order valence-corrected chi connectivity index (χ4v) is 3.66. The van der Waals surface area contributed by atoms with Gasteiger partial charge in [-0.1, -0.05) is 18.2 Å². The standard InChI is InChI=1S/C20H20N4O6S/c1-3-30-19(27)20(2)17(16(25)18(26)24(20)14-7-5-4-6-8-14)23-22-13-9-11-15(12-10-13)31(21,28)29/h4-12,22H,3H2,1-2H3,(H2,21,28,29)/b23-17+/t20-/m1/s1.